The van der Waals surface area contributed by atoms with Crippen LogP contribution in [-0.2, 0) is 27.4 Å². The van der Waals surface area contributed by atoms with Crippen LogP contribution in [0.1, 0.15) is 44.7 Å². The van der Waals surface area contributed by atoms with Crippen LogP contribution in [0.15, 0.2) is 18.2 Å². The van der Waals surface area contributed by atoms with Gasteiger partial charge in [0.15, 0.2) is 0 Å². The number of hydrogen-bond donors (Lipinski definition) is 2. The van der Waals surface area contributed by atoms with Gasteiger partial charge < -0.3 is 10.1 Å². The van der Waals surface area contributed by atoms with Crippen LogP contribution in [0.3, 0.4) is 0 Å². The SMILES string of the molecule is CC(C)(C)OC(=O)N1Cc2ccc(NC3CCC(=O)NC3=O)cc2C1. The average Bonchev–Trinajstić information content (AvgIpc) is 2.92. The van der Waals surface area contributed by atoms with Gasteiger partial charge in [-0.3, -0.25) is 19.8 Å². The summed E-state index contributed by atoms with van der Waals surface area (Å²) in [5, 5.41) is 5.50. The van der Waals surface area contributed by atoms with Crippen molar-refractivity contribution >= 4 is 23.6 Å². The molecule has 1 saturated heterocycles. The van der Waals surface area contributed by atoms with Crippen LogP contribution in [-0.4, -0.2) is 34.5 Å². The Balaban J connectivity index is 1.65. The molecule has 0 radical (unpaired) electrons. The Bertz CT molecular complexity index is 724. The highest BCUT2D eigenvalue weighted by atomic mass is 16.6. The Hall–Kier alpha value is -2.57. The zero-order valence-corrected chi connectivity index (χ0v) is 14.7. The lowest BCUT2D eigenvalue weighted by atomic mass is 10.0. The fourth-order valence-electron chi connectivity index (χ4n) is 2.97. The second-order valence-corrected chi connectivity index (χ2v) is 7.47. The largest absolute Gasteiger partial charge is 0.444 e. The second-order valence-electron chi connectivity index (χ2n) is 7.47. The number of benzene rings is 1. The summed E-state index contributed by atoms with van der Waals surface area (Å²) in [4.78, 5) is 36.9. The van der Waals surface area contributed by atoms with Crippen LogP contribution in [0.25, 0.3) is 0 Å². The molecular formula is C18H23N3O4. The lowest BCUT2D eigenvalue weighted by Gasteiger charge is -2.24. The maximum Gasteiger partial charge on any atom is 0.410 e. The molecule has 2 aliphatic rings. The van der Waals surface area contributed by atoms with E-state index in [1.54, 1.807) is 4.90 Å². The number of ether oxygens (including phenoxy) is 1. The van der Waals surface area contributed by atoms with Gasteiger partial charge in [0.2, 0.25) is 11.8 Å². The Labute approximate surface area is 146 Å². The van der Waals surface area contributed by atoms with E-state index >= 15 is 0 Å². The van der Waals surface area contributed by atoms with Crippen molar-refractivity contribution in [3.63, 3.8) is 0 Å². The summed E-state index contributed by atoms with van der Waals surface area (Å²) in [6, 6.07) is 5.37. The van der Waals surface area contributed by atoms with Gasteiger partial charge in [0.05, 0.1) is 0 Å². The minimum Gasteiger partial charge on any atom is -0.444 e. The topological polar surface area (TPSA) is 87.7 Å². The highest BCUT2D eigenvalue weighted by molar-refractivity contribution is 6.01. The molecule has 1 atom stereocenters. The fourth-order valence-corrected chi connectivity index (χ4v) is 2.97. The zero-order chi connectivity index (χ0) is 18.2. The number of amides is 3. The highest BCUT2D eigenvalue weighted by Gasteiger charge is 2.29. The van der Waals surface area contributed by atoms with Crippen LogP contribution >= 0.6 is 0 Å². The van der Waals surface area contributed by atoms with Gasteiger partial charge in [-0.2, -0.15) is 0 Å². The second kappa shape index (κ2) is 6.38. The smallest absolute Gasteiger partial charge is 0.410 e. The molecule has 7 nitrogen and oxygen atoms in total. The summed E-state index contributed by atoms with van der Waals surface area (Å²) in [5.41, 5.74) is 2.38. The molecule has 2 aliphatic heterocycles. The van der Waals surface area contributed by atoms with Gasteiger partial charge in [-0.05, 0) is 50.5 Å². The number of carbonyl (C=O) groups is 3. The molecule has 1 unspecified atom stereocenters. The molecule has 0 aromatic heterocycles. The number of imide groups is 1. The van der Waals surface area contributed by atoms with Crippen molar-refractivity contribution in [3.8, 4) is 0 Å². The molecule has 134 valence electrons. The van der Waals surface area contributed by atoms with E-state index in [-0.39, 0.29) is 17.9 Å². The van der Waals surface area contributed by atoms with E-state index in [1.807, 2.05) is 39.0 Å². The molecule has 7 heteroatoms. The third-order valence-corrected chi connectivity index (χ3v) is 4.16. The van der Waals surface area contributed by atoms with Crippen LogP contribution in [0, 0.1) is 0 Å². The summed E-state index contributed by atoms with van der Waals surface area (Å²) in [7, 11) is 0. The van der Waals surface area contributed by atoms with Crippen molar-refractivity contribution < 1.29 is 19.1 Å². The number of rotatable bonds is 2. The maximum atomic E-state index is 12.2. The first-order chi connectivity index (χ1) is 11.7. The molecule has 1 aromatic rings. The average molecular weight is 345 g/mol. The van der Waals surface area contributed by atoms with Crippen LogP contribution in [0.5, 0.6) is 0 Å². The normalized spacial score (nSPS) is 20.1. The summed E-state index contributed by atoms with van der Waals surface area (Å²) in [6.07, 6.45) is 0.482. The molecule has 0 saturated carbocycles. The number of nitrogens with one attached hydrogen (secondary N) is 2. The fraction of sp³-hybridized carbons (Fsp3) is 0.500. The molecule has 3 amide bonds. The van der Waals surface area contributed by atoms with Crippen molar-refractivity contribution in [2.45, 2.75) is 58.3 Å². The van der Waals surface area contributed by atoms with E-state index in [9.17, 15) is 14.4 Å². The maximum absolute atomic E-state index is 12.2. The van der Waals surface area contributed by atoms with E-state index in [0.29, 0.717) is 25.9 Å². The van der Waals surface area contributed by atoms with E-state index in [4.69, 9.17) is 4.74 Å². The highest BCUT2D eigenvalue weighted by Crippen LogP contribution is 2.28. The van der Waals surface area contributed by atoms with Gasteiger partial charge in [0.1, 0.15) is 11.6 Å². The van der Waals surface area contributed by atoms with Crippen molar-refractivity contribution in [2.24, 2.45) is 0 Å². The van der Waals surface area contributed by atoms with E-state index < -0.39 is 11.6 Å². The molecule has 25 heavy (non-hydrogen) atoms. The molecule has 0 bridgehead atoms. The predicted octanol–water partition coefficient (Wildman–Crippen LogP) is 2.15. The summed E-state index contributed by atoms with van der Waals surface area (Å²) in [5.74, 6) is -0.530. The first-order valence-electron chi connectivity index (χ1n) is 8.41. The lowest BCUT2D eigenvalue weighted by Crippen LogP contribution is -2.47. The van der Waals surface area contributed by atoms with Gasteiger partial charge in [-0.15, -0.1) is 0 Å². The molecule has 0 aliphatic carbocycles. The first kappa shape index (κ1) is 17.3. The number of hydrogen-bond acceptors (Lipinski definition) is 5. The summed E-state index contributed by atoms with van der Waals surface area (Å²) < 4.78 is 5.42. The minimum absolute atomic E-state index is 0.231. The zero-order valence-electron chi connectivity index (χ0n) is 14.7. The van der Waals surface area contributed by atoms with Crippen molar-refractivity contribution in [1.82, 2.24) is 10.2 Å². The van der Waals surface area contributed by atoms with Gasteiger partial charge in [-0.25, -0.2) is 4.79 Å². The van der Waals surface area contributed by atoms with E-state index in [1.165, 1.54) is 0 Å². The summed E-state index contributed by atoms with van der Waals surface area (Å²) in [6.45, 7) is 6.53. The number of piperidine rings is 1. The van der Waals surface area contributed by atoms with E-state index in [0.717, 1.165) is 16.8 Å². The molecule has 2 N–H and O–H groups in total. The van der Waals surface area contributed by atoms with Crippen molar-refractivity contribution in [2.75, 3.05) is 5.32 Å². The van der Waals surface area contributed by atoms with Crippen LogP contribution < -0.4 is 10.6 Å². The van der Waals surface area contributed by atoms with Crippen LogP contribution in [0.2, 0.25) is 0 Å². The van der Waals surface area contributed by atoms with E-state index in [2.05, 4.69) is 10.6 Å². The number of fused-ring (bicyclic) bond motifs is 1. The van der Waals surface area contributed by atoms with Gasteiger partial charge in [0, 0.05) is 25.2 Å². The molecule has 1 aromatic carbocycles. The Morgan fingerprint density at radius 1 is 1.24 bits per heavy atom. The molecule has 3 rings (SSSR count). The Kier molecular flexibility index (Phi) is 4.41. The van der Waals surface area contributed by atoms with Crippen LogP contribution in [0.4, 0.5) is 10.5 Å². The third-order valence-electron chi connectivity index (χ3n) is 4.16. The Morgan fingerprint density at radius 3 is 2.64 bits per heavy atom. The first-order valence-corrected chi connectivity index (χ1v) is 8.41. The van der Waals surface area contributed by atoms with Gasteiger partial charge in [-0.1, -0.05) is 6.07 Å². The molecule has 1 fully saturated rings. The van der Waals surface area contributed by atoms with Crippen molar-refractivity contribution in [1.29, 1.82) is 0 Å². The minimum atomic E-state index is -0.523. The van der Waals surface area contributed by atoms with Crippen molar-refractivity contribution in [3.05, 3.63) is 29.3 Å². The quantitative estimate of drug-likeness (QED) is 0.802. The lowest BCUT2D eigenvalue weighted by molar-refractivity contribution is -0.133. The number of anilines is 1. The number of carbonyl (C=O) groups excluding carboxylic acids is 3. The standard InChI is InChI=1S/C18H23N3O4/c1-18(2,3)25-17(24)21-9-11-4-5-13(8-12(11)10-21)19-14-6-7-15(22)20-16(14)23/h4-5,8,14,19H,6-7,9-10H2,1-3H3,(H,20,22,23). The predicted molar refractivity (Wildman–Crippen MR) is 91.7 cm³/mol. The molecule has 0 spiro atoms. The molecule has 2 heterocycles. The molecular weight excluding hydrogens is 322 g/mol. The van der Waals surface area contributed by atoms with Gasteiger partial charge in [0.25, 0.3) is 0 Å². The Morgan fingerprint density at radius 2 is 1.96 bits per heavy atom. The third kappa shape index (κ3) is 4.10. The monoisotopic (exact) mass is 345 g/mol. The van der Waals surface area contributed by atoms with Gasteiger partial charge >= 0.3 is 6.09 Å². The number of nitrogens with zero attached hydrogens (tertiary/aromatic N) is 1. The summed E-state index contributed by atoms with van der Waals surface area (Å²) >= 11 is 0.